The van der Waals surface area contributed by atoms with Crippen LogP contribution >= 0.6 is 0 Å². The Morgan fingerprint density at radius 2 is 1.92 bits per heavy atom. The highest BCUT2D eigenvalue weighted by Gasteiger charge is 2.33. The lowest BCUT2D eigenvalue weighted by atomic mass is 9.80. The molecule has 0 spiro atoms. The summed E-state index contributed by atoms with van der Waals surface area (Å²) in [7, 11) is 2.15. The van der Waals surface area contributed by atoms with Crippen LogP contribution in [-0.4, -0.2) is 24.7 Å². The fourth-order valence-corrected chi connectivity index (χ4v) is 3.61. The molecule has 1 N–H and O–H groups in total. The van der Waals surface area contributed by atoms with Gasteiger partial charge in [-0.3, -0.25) is 4.79 Å². The average Bonchev–Trinajstić information content (AvgIpc) is 2.60. The van der Waals surface area contributed by atoms with E-state index in [1.165, 1.54) is 11.3 Å². The van der Waals surface area contributed by atoms with Crippen molar-refractivity contribution >= 4 is 17.8 Å². The minimum absolute atomic E-state index is 0.157. The SMILES string of the molecule is Cc1ccc(C(=O)N/N=C\c2ccc3c(c2)C(C)CC(C)(C)N3C)cc1. The second-order valence-electron chi connectivity index (χ2n) is 7.86. The first-order valence-electron chi connectivity index (χ1n) is 9.06. The molecular weight excluding hydrogens is 322 g/mol. The van der Waals surface area contributed by atoms with Gasteiger partial charge >= 0.3 is 0 Å². The number of carbonyl (C=O) groups is 1. The molecule has 1 unspecified atom stereocenters. The van der Waals surface area contributed by atoms with E-state index in [0.717, 1.165) is 17.5 Å². The molecule has 0 bridgehead atoms. The van der Waals surface area contributed by atoms with Gasteiger partial charge in [0.2, 0.25) is 0 Å². The van der Waals surface area contributed by atoms with Crippen LogP contribution in [0.3, 0.4) is 0 Å². The lowest BCUT2D eigenvalue weighted by Crippen LogP contribution is -2.45. The molecule has 1 aliphatic heterocycles. The van der Waals surface area contributed by atoms with Gasteiger partial charge in [-0.05, 0) is 68.5 Å². The standard InChI is InChI=1S/C22H27N3O/c1-15-6-9-18(10-7-15)21(26)24-23-14-17-8-11-20-19(12-17)16(2)13-22(3,4)25(20)5/h6-12,14,16H,13H2,1-5H3,(H,24,26)/b23-14-. The molecule has 1 atom stereocenters. The molecule has 2 aromatic rings. The molecule has 0 fully saturated rings. The van der Waals surface area contributed by atoms with Crippen LogP contribution in [0.15, 0.2) is 47.6 Å². The second-order valence-corrected chi connectivity index (χ2v) is 7.86. The molecule has 26 heavy (non-hydrogen) atoms. The Labute approximate surface area is 155 Å². The van der Waals surface area contributed by atoms with Crippen molar-refractivity contribution in [2.45, 2.75) is 45.6 Å². The highest BCUT2D eigenvalue weighted by Crippen LogP contribution is 2.42. The number of hydrazone groups is 1. The highest BCUT2D eigenvalue weighted by molar-refractivity contribution is 5.95. The first-order chi connectivity index (χ1) is 12.3. The minimum atomic E-state index is -0.200. The summed E-state index contributed by atoms with van der Waals surface area (Å²) in [4.78, 5) is 14.5. The summed E-state index contributed by atoms with van der Waals surface area (Å²) in [5.41, 5.74) is 8.09. The van der Waals surface area contributed by atoms with Crippen LogP contribution < -0.4 is 10.3 Å². The zero-order valence-corrected chi connectivity index (χ0v) is 16.2. The summed E-state index contributed by atoms with van der Waals surface area (Å²) in [6.07, 6.45) is 2.82. The van der Waals surface area contributed by atoms with E-state index >= 15 is 0 Å². The molecule has 1 aliphatic rings. The van der Waals surface area contributed by atoms with E-state index in [2.05, 4.69) is 55.4 Å². The van der Waals surface area contributed by atoms with Crippen molar-refractivity contribution < 1.29 is 4.79 Å². The van der Waals surface area contributed by atoms with E-state index < -0.39 is 0 Å². The molecular formula is C22H27N3O. The zero-order valence-electron chi connectivity index (χ0n) is 16.2. The van der Waals surface area contributed by atoms with Crippen molar-refractivity contribution in [2.24, 2.45) is 5.10 Å². The van der Waals surface area contributed by atoms with Gasteiger partial charge in [-0.1, -0.05) is 30.7 Å². The lowest BCUT2D eigenvalue weighted by Gasteiger charge is -2.45. The van der Waals surface area contributed by atoms with Gasteiger partial charge in [0.05, 0.1) is 6.21 Å². The molecule has 0 saturated heterocycles. The Morgan fingerprint density at radius 1 is 1.23 bits per heavy atom. The number of benzene rings is 2. The molecule has 1 amide bonds. The van der Waals surface area contributed by atoms with Gasteiger partial charge in [-0.15, -0.1) is 0 Å². The number of hydrogen-bond acceptors (Lipinski definition) is 3. The number of anilines is 1. The van der Waals surface area contributed by atoms with Crippen LogP contribution in [0.25, 0.3) is 0 Å². The van der Waals surface area contributed by atoms with Crippen LogP contribution in [-0.2, 0) is 0 Å². The third kappa shape index (κ3) is 3.64. The van der Waals surface area contributed by atoms with Gasteiger partial charge in [0.15, 0.2) is 0 Å². The molecule has 4 nitrogen and oxygen atoms in total. The van der Waals surface area contributed by atoms with E-state index in [-0.39, 0.29) is 11.4 Å². The Morgan fingerprint density at radius 3 is 2.62 bits per heavy atom. The average molecular weight is 349 g/mol. The summed E-state index contributed by atoms with van der Waals surface area (Å²) >= 11 is 0. The largest absolute Gasteiger partial charge is 0.369 e. The summed E-state index contributed by atoms with van der Waals surface area (Å²) in [5, 5.41) is 4.12. The summed E-state index contributed by atoms with van der Waals surface area (Å²) in [5.74, 6) is 0.292. The lowest BCUT2D eigenvalue weighted by molar-refractivity contribution is 0.0955. The van der Waals surface area contributed by atoms with Crippen LogP contribution in [0.4, 0.5) is 5.69 Å². The number of amides is 1. The number of nitrogens with zero attached hydrogens (tertiary/aromatic N) is 2. The molecule has 2 aromatic carbocycles. The number of hydrogen-bond donors (Lipinski definition) is 1. The van der Waals surface area contributed by atoms with Crippen molar-refractivity contribution in [1.82, 2.24) is 5.43 Å². The van der Waals surface area contributed by atoms with Crippen molar-refractivity contribution in [3.05, 3.63) is 64.7 Å². The minimum Gasteiger partial charge on any atom is -0.369 e. The van der Waals surface area contributed by atoms with Gasteiger partial charge in [0.1, 0.15) is 0 Å². The summed E-state index contributed by atoms with van der Waals surface area (Å²) in [6.45, 7) is 8.83. The Bertz CT molecular complexity index is 837. The second kappa shape index (κ2) is 6.94. The van der Waals surface area contributed by atoms with Crippen LogP contribution in [0.5, 0.6) is 0 Å². The maximum atomic E-state index is 12.1. The van der Waals surface area contributed by atoms with Crippen LogP contribution in [0.1, 0.15) is 60.2 Å². The number of aryl methyl sites for hydroxylation is 1. The van der Waals surface area contributed by atoms with E-state index in [1.807, 2.05) is 25.1 Å². The van der Waals surface area contributed by atoms with Crippen molar-refractivity contribution in [3.63, 3.8) is 0 Å². The number of carbonyl (C=O) groups excluding carboxylic acids is 1. The fraction of sp³-hybridized carbons (Fsp3) is 0.364. The van der Waals surface area contributed by atoms with Crippen LogP contribution in [0.2, 0.25) is 0 Å². The number of fused-ring (bicyclic) bond motifs is 1. The van der Waals surface area contributed by atoms with Gasteiger partial charge in [0, 0.05) is 23.8 Å². The van der Waals surface area contributed by atoms with Crippen molar-refractivity contribution in [3.8, 4) is 0 Å². The first-order valence-corrected chi connectivity index (χ1v) is 9.06. The predicted molar refractivity (Wildman–Crippen MR) is 108 cm³/mol. The van der Waals surface area contributed by atoms with Gasteiger partial charge in [0.25, 0.3) is 5.91 Å². The monoisotopic (exact) mass is 349 g/mol. The zero-order chi connectivity index (χ0) is 18.9. The molecule has 0 radical (unpaired) electrons. The normalized spacial score (nSPS) is 18.7. The Balaban J connectivity index is 1.73. The maximum Gasteiger partial charge on any atom is 0.271 e. The molecule has 0 aliphatic carbocycles. The van der Waals surface area contributed by atoms with Crippen LogP contribution in [0, 0.1) is 6.92 Å². The van der Waals surface area contributed by atoms with E-state index in [4.69, 9.17) is 0 Å². The quantitative estimate of drug-likeness (QED) is 0.656. The Hall–Kier alpha value is -2.62. The number of nitrogens with one attached hydrogen (secondary N) is 1. The smallest absolute Gasteiger partial charge is 0.271 e. The molecule has 136 valence electrons. The first kappa shape index (κ1) is 18.2. The van der Waals surface area contributed by atoms with Crippen molar-refractivity contribution in [1.29, 1.82) is 0 Å². The third-order valence-corrected chi connectivity index (χ3v) is 5.35. The number of rotatable bonds is 3. The van der Waals surface area contributed by atoms with Crippen molar-refractivity contribution in [2.75, 3.05) is 11.9 Å². The summed E-state index contributed by atoms with van der Waals surface area (Å²) < 4.78 is 0. The molecule has 1 heterocycles. The van der Waals surface area contributed by atoms with Gasteiger partial charge in [-0.25, -0.2) is 5.43 Å². The predicted octanol–water partition coefficient (Wildman–Crippen LogP) is 4.48. The topological polar surface area (TPSA) is 44.7 Å². The van der Waals surface area contributed by atoms with E-state index in [1.54, 1.807) is 18.3 Å². The summed E-state index contributed by atoms with van der Waals surface area (Å²) in [6, 6.07) is 13.8. The van der Waals surface area contributed by atoms with Gasteiger partial charge < -0.3 is 4.90 Å². The highest BCUT2D eigenvalue weighted by atomic mass is 16.2. The Kier molecular flexibility index (Phi) is 4.86. The molecule has 0 saturated carbocycles. The van der Waals surface area contributed by atoms with E-state index in [9.17, 15) is 4.79 Å². The van der Waals surface area contributed by atoms with E-state index in [0.29, 0.717) is 11.5 Å². The van der Waals surface area contributed by atoms with Gasteiger partial charge in [-0.2, -0.15) is 5.10 Å². The maximum absolute atomic E-state index is 12.1. The molecule has 3 rings (SSSR count). The molecule has 0 aromatic heterocycles. The third-order valence-electron chi connectivity index (χ3n) is 5.35. The molecule has 4 heteroatoms. The fourth-order valence-electron chi connectivity index (χ4n) is 3.61.